The summed E-state index contributed by atoms with van der Waals surface area (Å²) < 4.78 is 5.18. The minimum Gasteiger partial charge on any atom is -0.497 e. The van der Waals surface area contributed by atoms with E-state index in [1.165, 1.54) is 11.8 Å². The van der Waals surface area contributed by atoms with Gasteiger partial charge in [0.2, 0.25) is 0 Å². The van der Waals surface area contributed by atoms with E-state index in [-0.39, 0.29) is 5.91 Å². The van der Waals surface area contributed by atoms with Crippen LogP contribution in [0.4, 0.5) is 0 Å². The van der Waals surface area contributed by atoms with E-state index in [4.69, 9.17) is 10.00 Å². The van der Waals surface area contributed by atoms with Crippen molar-refractivity contribution in [2.45, 2.75) is 19.4 Å². The summed E-state index contributed by atoms with van der Waals surface area (Å²) in [5.41, 5.74) is 2.36. The Morgan fingerprint density at radius 1 is 1.18 bits per heavy atom. The molecule has 28 heavy (non-hydrogen) atoms. The molecule has 5 nitrogen and oxygen atoms in total. The SMILES string of the molecule is COc1ccc(/C=C2\N=C(SCCCC#N)N(Cc3ccccc3)C2=O)cc1. The molecule has 0 atom stereocenters. The van der Waals surface area contributed by atoms with Crippen LogP contribution in [0.2, 0.25) is 0 Å². The molecule has 1 aliphatic rings. The Bertz CT molecular complexity index is 915. The lowest BCUT2D eigenvalue weighted by Crippen LogP contribution is -2.30. The molecule has 1 aliphatic heterocycles. The predicted octanol–water partition coefficient (Wildman–Crippen LogP) is 4.47. The molecule has 0 aliphatic carbocycles. The molecule has 0 aromatic heterocycles. The number of rotatable bonds is 7. The normalized spacial score (nSPS) is 14.9. The quantitative estimate of drug-likeness (QED) is 0.516. The molecule has 0 unspecified atom stereocenters. The molecule has 0 bridgehead atoms. The Kier molecular flexibility index (Phi) is 6.88. The summed E-state index contributed by atoms with van der Waals surface area (Å²) in [4.78, 5) is 19.3. The van der Waals surface area contributed by atoms with E-state index in [2.05, 4.69) is 11.1 Å². The Labute approximate surface area is 169 Å². The molecule has 6 heteroatoms. The van der Waals surface area contributed by atoms with Gasteiger partial charge in [0.05, 0.1) is 19.7 Å². The third-order valence-electron chi connectivity index (χ3n) is 4.18. The second-order valence-electron chi connectivity index (χ2n) is 6.18. The fourth-order valence-electron chi connectivity index (χ4n) is 2.72. The molecule has 1 heterocycles. The number of aliphatic imine (C=N–C) groups is 1. The maximum absolute atomic E-state index is 13.0. The smallest absolute Gasteiger partial charge is 0.278 e. The van der Waals surface area contributed by atoms with Crippen molar-refractivity contribution in [3.05, 3.63) is 71.4 Å². The lowest BCUT2D eigenvalue weighted by atomic mass is 10.1. The molecular weight excluding hydrogens is 370 g/mol. The van der Waals surface area contributed by atoms with Gasteiger partial charge in [-0.2, -0.15) is 5.26 Å². The fraction of sp³-hybridized carbons (Fsp3) is 0.227. The van der Waals surface area contributed by atoms with Crippen LogP contribution in [0.15, 0.2) is 65.3 Å². The number of carbonyl (C=O) groups is 1. The van der Waals surface area contributed by atoms with Gasteiger partial charge in [-0.05, 0) is 35.8 Å². The second-order valence-corrected chi connectivity index (χ2v) is 7.25. The summed E-state index contributed by atoms with van der Waals surface area (Å²) in [5, 5.41) is 9.41. The van der Waals surface area contributed by atoms with Crippen LogP contribution in [0.1, 0.15) is 24.0 Å². The third-order valence-corrected chi connectivity index (χ3v) is 5.24. The van der Waals surface area contributed by atoms with E-state index in [0.29, 0.717) is 23.8 Å². The number of ether oxygens (including phenoxy) is 1. The van der Waals surface area contributed by atoms with Crippen LogP contribution >= 0.6 is 11.8 Å². The maximum atomic E-state index is 13.0. The van der Waals surface area contributed by atoms with Crippen molar-refractivity contribution in [2.24, 2.45) is 4.99 Å². The first-order valence-corrected chi connectivity index (χ1v) is 10.00. The number of amides is 1. The molecule has 0 N–H and O–H groups in total. The molecule has 2 aromatic rings. The number of amidine groups is 1. The molecule has 1 amide bonds. The van der Waals surface area contributed by atoms with Crippen molar-refractivity contribution in [3.63, 3.8) is 0 Å². The number of thioether (sulfide) groups is 1. The molecule has 3 rings (SSSR count). The zero-order valence-corrected chi connectivity index (χ0v) is 16.5. The standard InChI is InChI=1S/C22H21N3O2S/c1-27-19-11-9-17(10-12-19)15-20-21(26)25(16-18-7-3-2-4-8-18)22(24-20)28-14-6-5-13-23/h2-4,7-12,15H,5-6,14,16H2,1H3/b20-15-. The number of nitriles is 1. The predicted molar refractivity (Wildman–Crippen MR) is 113 cm³/mol. The zero-order chi connectivity index (χ0) is 19.8. The molecular formula is C22H21N3O2S. The van der Waals surface area contributed by atoms with E-state index in [0.717, 1.165) is 29.1 Å². The first kappa shape index (κ1) is 19.7. The van der Waals surface area contributed by atoms with Gasteiger partial charge in [-0.1, -0.05) is 54.2 Å². The van der Waals surface area contributed by atoms with E-state index in [1.807, 2.05) is 54.6 Å². The van der Waals surface area contributed by atoms with E-state index < -0.39 is 0 Å². The van der Waals surface area contributed by atoms with Gasteiger partial charge in [-0.15, -0.1) is 0 Å². The van der Waals surface area contributed by atoms with Gasteiger partial charge in [0.15, 0.2) is 5.17 Å². The Balaban J connectivity index is 1.81. The second kappa shape index (κ2) is 9.77. The molecule has 142 valence electrons. The first-order valence-electron chi connectivity index (χ1n) is 9.01. The molecule has 0 fully saturated rings. The average molecular weight is 391 g/mol. The third kappa shape index (κ3) is 5.02. The zero-order valence-electron chi connectivity index (χ0n) is 15.7. The number of methoxy groups -OCH3 is 1. The summed E-state index contributed by atoms with van der Waals surface area (Å²) >= 11 is 1.52. The first-order chi connectivity index (χ1) is 13.7. The van der Waals surface area contributed by atoms with Gasteiger partial charge in [-0.25, -0.2) is 4.99 Å². The topological polar surface area (TPSA) is 65.7 Å². The van der Waals surface area contributed by atoms with Gasteiger partial charge in [0.1, 0.15) is 11.4 Å². The summed E-state index contributed by atoms with van der Waals surface area (Å²) in [5.74, 6) is 1.41. The minimum atomic E-state index is -0.109. The summed E-state index contributed by atoms with van der Waals surface area (Å²) in [6.07, 6.45) is 3.06. The highest BCUT2D eigenvalue weighted by atomic mass is 32.2. The lowest BCUT2D eigenvalue weighted by Gasteiger charge is -2.17. The van der Waals surface area contributed by atoms with E-state index in [1.54, 1.807) is 18.1 Å². The minimum absolute atomic E-state index is 0.109. The van der Waals surface area contributed by atoms with Gasteiger partial charge < -0.3 is 4.74 Å². The van der Waals surface area contributed by atoms with Crippen LogP contribution in [0, 0.1) is 11.3 Å². The molecule has 0 saturated heterocycles. The Hall–Kier alpha value is -3.04. The average Bonchev–Trinajstić information content (AvgIpc) is 3.01. The fourth-order valence-corrected chi connectivity index (χ4v) is 3.66. The van der Waals surface area contributed by atoms with Crippen LogP contribution in [-0.2, 0) is 11.3 Å². The maximum Gasteiger partial charge on any atom is 0.278 e. The number of hydrogen-bond donors (Lipinski definition) is 0. The van der Waals surface area contributed by atoms with Crippen molar-refractivity contribution >= 4 is 28.9 Å². The number of nitrogens with zero attached hydrogens (tertiary/aromatic N) is 3. The van der Waals surface area contributed by atoms with E-state index in [9.17, 15) is 4.79 Å². The van der Waals surface area contributed by atoms with Gasteiger partial charge in [0.25, 0.3) is 5.91 Å². The van der Waals surface area contributed by atoms with Gasteiger partial charge in [-0.3, -0.25) is 9.69 Å². The van der Waals surface area contributed by atoms with Gasteiger partial charge in [0, 0.05) is 12.2 Å². The van der Waals surface area contributed by atoms with Crippen molar-refractivity contribution in [1.29, 1.82) is 5.26 Å². The molecule has 0 spiro atoms. The largest absolute Gasteiger partial charge is 0.497 e. The number of benzene rings is 2. The Morgan fingerprint density at radius 3 is 2.61 bits per heavy atom. The van der Waals surface area contributed by atoms with Crippen LogP contribution in [0.25, 0.3) is 6.08 Å². The highest BCUT2D eigenvalue weighted by Crippen LogP contribution is 2.26. The van der Waals surface area contributed by atoms with Crippen molar-refractivity contribution in [1.82, 2.24) is 4.90 Å². The number of carbonyl (C=O) groups excluding carboxylic acids is 1. The molecule has 0 saturated carbocycles. The number of hydrogen-bond acceptors (Lipinski definition) is 5. The molecule has 2 aromatic carbocycles. The van der Waals surface area contributed by atoms with Crippen molar-refractivity contribution in [2.75, 3.05) is 12.9 Å². The number of unbranched alkanes of at least 4 members (excludes halogenated alkanes) is 1. The molecule has 0 radical (unpaired) electrons. The van der Waals surface area contributed by atoms with E-state index >= 15 is 0 Å². The highest BCUT2D eigenvalue weighted by molar-refractivity contribution is 8.13. The van der Waals surface area contributed by atoms with Crippen LogP contribution in [0.3, 0.4) is 0 Å². The van der Waals surface area contributed by atoms with Crippen LogP contribution in [0.5, 0.6) is 5.75 Å². The highest BCUT2D eigenvalue weighted by Gasteiger charge is 2.30. The summed E-state index contributed by atoms with van der Waals surface area (Å²) in [7, 11) is 1.62. The van der Waals surface area contributed by atoms with Crippen molar-refractivity contribution in [3.8, 4) is 11.8 Å². The Morgan fingerprint density at radius 2 is 1.93 bits per heavy atom. The summed E-state index contributed by atoms with van der Waals surface area (Å²) in [6.45, 7) is 0.476. The van der Waals surface area contributed by atoms with Crippen LogP contribution < -0.4 is 4.74 Å². The van der Waals surface area contributed by atoms with Gasteiger partial charge >= 0.3 is 0 Å². The monoisotopic (exact) mass is 391 g/mol. The summed E-state index contributed by atoms with van der Waals surface area (Å²) in [6, 6.07) is 19.5. The van der Waals surface area contributed by atoms with Crippen LogP contribution in [-0.4, -0.2) is 28.8 Å². The lowest BCUT2D eigenvalue weighted by molar-refractivity contribution is -0.122. The van der Waals surface area contributed by atoms with Crippen molar-refractivity contribution < 1.29 is 9.53 Å².